The number of aryl methyl sites for hydroxylation is 1. The maximum Gasteiger partial charge on any atom is 0.279 e. The number of hydrogen-bond acceptors (Lipinski definition) is 2. The summed E-state index contributed by atoms with van der Waals surface area (Å²) in [4.78, 5) is 27.2. The van der Waals surface area contributed by atoms with Gasteiger partial charge in [-0.25, -0.2) is 0 Å². The Morgan fingerprint density at radius 2 is 1.50 bits per heavy atom. The quantitative estimate of drug-likeness (QED) is 0.499. The van der Waals surface area contributed by atoms with Crippen molar-refractivity contribution in [3.63, 3.8) is 0 Å². The molecule has 0 aromatic heterocycles. The number of rotatable bonds is 7. The monoisotopic (exact) mass is 430 g/mol. The van der Waals surface area contributed by atoms with Crippen molar-refractivity contribution in [2.45, 2.75) is 20.4 Å². The average molecular weight is 431 g/mol. The maximum absolute atomic E-state index is 12.4. The molecule has 1 saturated heterocycles. The third-order valence-electron chi connectivity index (χ3n) is 5.77. The Morgan fingerprint density at radius 1 is 0.900 bits per heavy atom. The lowest BCUT2D eigenvalue weighted by Crippen LogP contribution is -3.28. The van der Waals surface area contributed by atoms with E-state index in [1.165, 1.54) is 15.4 Å². The van der Waals surface area contributed by atoms with Gasteiger partial charge in [0, 0.05) is 17.3 Å². The zero-order chi connectivity index (χ0) is 21.5. The number of piperazine rings is 1. The first-order chi connectivity index (χ1) is 14.4. The summed E-state index contributed by atoms with van der Waals surface area (Å²) in [5.74, 6) is 0.0962. The number of halogens is 1. The van der Waals surface area contributed by atoms with Gasteiger partial charge < -0.3 is 20.4 Å². The van der Waals surface area contributed by atoms with Crippen molar-refractivity contribution in [1.82, 2.24) is 5.32 Å². The van der Waals surface area contributed by atoms with Crippen LogP contribution < -0.4 is 20.4 Å². The molecule has 6 nitrogen and oxygen atoms in total. The zero-order valence-electron chi connectivity index (χ0n) is 17.7. The predicted molar refractivity (Wildman–Crippen MR) is 119 cm³/mol. The predicted octanol–water partition coefficient (Wildman–Crippen LogP) is -0.00486. The second-order valence-electron chi connectivity index (χ2n) is 8.05. The summed E-state index contributed by atoms with van der Waals surface area (Å²) in [6.45, 7) is 9.07. The first-order valence-corrected chi connectivity index (χ1v) is 10.8. The highest BCUT2D eigenvalue weighted by atomic mass is 35.5. The highest BCUT2D eigenvalue weighted by Gasteiger charge is 2.26. The van der Waals surface area contributed by atoms with E-state index in [9.17, 15) is 9.59 Å². The van der Waals surface area contributed by atoms with Gasteiger partial charge in [0.2, 0.25) is 0 Å². The minimum Gasteiger partial charge on any atom is -0.347 e. The summed E-state index contributed by atoms with van der Waals surface area (Å²) < 4.78 is 0. The van der Waals surface area contributed by atoms with Crippen molar-refractivity contribution in [1.29, 1.82) is 0 Å². The van der Waals surface area contributed by atoms with Crippen LogP contribution in [0.2, 0.25) is 5.02 Å². The van der Waals surface area contributed by atoms with Gasteiger partial charge in [-0.05, 0) is 48.7 Å². The molecule has 1 aliphatic heterocycles. The summed E-state index contributed by atoms with van der Waals surface area (Å²) in [5, 5.41) is 6.70. The molecule has 2 amide bonds. The first kappa shape index (κ1) is 22.3. The Morgan fingerprint density at radius 3 is 2.13 bits per heavy atom. The van der Waals surface area contributed by atoms with Crippen molar-refractivity contribution in [2.75, 3.05) is 44.6 Å². The standard InChI is InChI=1S/C23H29ClN4O2/c1-17-4-3-5-21(18(17)2)26-23(30)16-28-12-10-27(11-13-28)15-22(29)25-14-19-6-8-20(24)9-7-19/h3-9H,10-16H2,1-2H3,(H,25,29)(H,26,30)/p+2. The molecule has 0 spiro atoms. The molecule has 0 bridgehead atoms. The van der Waals surface area contributed by atoms with Crippen LogP contribution in [0.5, 0.6) is 0 Å². The molecule has 0 radical (unpaired) electrons. The van der Waals surface area contributed by atoms with Crippen LogP contribution in [0.25, 0.3) is 0 Å². The highest BCUT2D eigenvalue weighted by molar-refractivity contribution is 6.30. The average Bonchev–Trinajstić information content (AvgIpc) is 2.72. The molecule has 1 aliphatic rings. The van der Waals surface area contributed by atoms with Crippen LogP contribution in [0.1, 0.15) is 16.7 Å². The number of amides is 2. The van der Waals surface area contributed by atoms with E-state index in [0.717, 1.165) is 43.0 Å². The fourth-order valence-corrected chi connectivity index (χ4v) is 3.84. The lowest BCUT2D eigenvalue weighted by Gasteiger charge is -2.29. The Labute approximate surface area is 183 Å². The van der Waals surface area contributed by atoms with Gasteiger partial charge in [-0.15, -0.1) is 0 Å². The smallest absolute Gasteiger partial charge is 0.279 e. The van der Waals surface area contributed by atoms with Crippen molar-refractivity contribution in [3.05, 3.63) is 64.2 Å². The number of hydrogen-bond donors (Lipinski definition) is 4. The Bertz CT molecular complexity index is 877. The molecule has 4 N–H and O–H groups in total. The van der Waals surface area contributed by atoms with E-state index >= 15 is 0 Å². The van der Waals surface area contributed by atoms with Gasteiger partial charge in [0.15, 0.2) is 13.1 Å². The molecule has 0 saturated carbocycles. The number of carbonyl (C=O) groups excluding carboxylic acids is 2. The van der Waals surface area contributed by atoms with Gasteiger partial charge >= 0.3 is 0 Å². The summed E-state index contributed by atoms with van der Waals surface area (Å²) in [5.41, 5.74) is 4.21. The van der Waals surface area contributed by atoms with Gasteiger partial charge in [0.1, 0.15) is 26.2 Å². The molecule has 3 rings (SSSR count). The third kappa shape index (κ3) is 6.55. The van der Waals surface area contributed by atoms with E-state index in [1.54, 1.807) is 0 Å². The molecule has 0 unspecified atom stereocenters. The third-order valence-corrected chi connectivity index (χ3v) is 6.02. The summed E-state index contributed by atoms with van der Waals surface area (Å²) in [6, 6.07) is 13.4. The Kier molecular flexibility index (Phi) is 7.85. The van der Waals surface area contributed by atoms with E-state index in [0.29, 0.717) is 24.7 Å². The van der Waals surface area contributed by atoms with Crippen LogP contribution in [0, 0.1) is 13.8 Å². The number of benzene rings is 2. The van der Waals surface area contributed by atoms with E-state index in [-0.39, 0.29) is 11.8 Å². The molecule has 160 valence electrons. The molecular formula is C23H31ClN4O2+2. The minimum absolute atomic E-state index is 0.0443. The SMILES string of the molecule is Cc1cccc(NC(=O)C[NH+]2CC[NH+](CC(=O)NCc3ccc(Cl)cc3)CC2)c1C. The lowest BCUT2D eigenvalue weighted by molar-refractivity contribution is -1.00. The summed E-state index contributed by atoms with van der Waals surface area (Å²) in [7, 11) is 0. The van der Waals surface area contributed by atoms with Crippen LogP contribution in [0.3, 0.4) is 0 Å². The van der Waals surface area contributed by atoms with E-state index in [2.05, 4.69) is 10.6 Å². The van der Waals surface area contributed by atoms with Crippen molar-refractivity contribution < 1.29 is 19.4 Å². The topological polar surface area (TPSA) is 67.1 Å². The molecule has 0 atom stereocenters. The number of anilines is 1. The Balaban J connectivity index is 1.37. The van der Waals surface area contributed by atoms with Crippen LogP contribution >= 0.6 is 11.6 Å². The van der Waals surface area contributed by atoms with Crippen LogP contribution in [0.4, 0.5) is 5.69 Å². The highest BCUT2D eigenvalue weighted by Crippen LogP contribution is 2.17. The van der Waals surface area contributed by atoms with E-state index < -0.39 is 0 Å². The lowest BCUT2D eigenvalue weighted by atomic mass is 10.1. The van der Waals surface area contributed by atoms with Gasteiger partial charge in [0.05, 0.1) is 0 Å². The molecule has 0 aliphatic carbocycles. The number of carbonyl (C=O) groups is 2. The first-order valence-electron chi connectivity index (χ1n) is 10.4. The fraction of sp³-hybridized carbons (Fsp3) is 0.391. The molecule has 7 heteroatoms. The molecule has 30 heavy (non-hydrogen) atoms. The molecule has 1 fully saturated rings. The number of quaternary nitrogens is 2. The van der Waals surface area contributed by atoms with E-state index in [1.807, 2.05) is 56.3 Å². The van der Waals surface area contributed by atoms with Gasteiger partial charge in [-0.3, -0.25) is 9.59 Å². The maximum atomic E-state index is 12.4. The second kappa shape index (κ2) is 10.6. The van der Waals surface area contributed by atoms with Crippen molar-refractivity contribution in [2.24, 2.45) is 0 Å². The zero-order valence-corrected chi connectivity index (χ0v) is 18.4. The molecule has 2 aromatic rings. The molecular weight excluding hydrogens is 400 g/mol. The summed E-state index contributed by atoms with van der Waals surface area (Å²) in [6.07, 6.45) is 0. The number of nitrogens with one attached hydrogen (secondary N) is 4. The van der Waals surface area contributed by atoms with E-state index in [4.69, 9.17) is 11.6 Å². The Hall–Kier alpha value is -2.41. The van der Waals surface area contributed by atoms with Gasteiger partial charge in [0.25, 0.3) is 11.8 Å². The van der Waals surface area contributed by atoms with Gasteiger partial charge in [-0.2, -0.15) is 0 Å². The molecule has 2 aromatic carbocycles. The largest absolute Gasteiger partial charge is 0.347 e. The molecule has 1 heterocycles. The van der Waals surface area contributed by atoms with Crippen molar-refractivity contribution in [3.8, 4) is 0 Å². The summed E-state index contributed by atoms with van der Waals surface area (Å²) >= 11 is 5.88. The second-order valence-corrected chi connectivity index (χ2v) is 8.49. The van der Waals surface area contributed by atoms with Crippen LogP contribution in [-0.4, -0.2) is 51.1 Å². The fourth-order valence-electron chi connectivity index (χ4n) is 3.71. The van der Waals surface area contributed by atoms with Crippen LogP contribution in [-0.2, 0) is 16.1 Å². The van der Waals surface area contributed by atoms with Gasteiger partial charge in [-0.1, -0.05) is 35.9 Å². The normalized spacial score (nSPS) is 18.6. The van der Waals surface area contributed by atoms with Crippen molar-refractivity contribution >= 4 is 29.1 Å². The van der Waals surface area contributed by atoms with Crippen LogP contribution in [0.15, 0.2) is 42.5 Å². The minimum atomic E-state index is 0.0443.